The van der Waals surface area contributed by atoms with Gasteiger partial charge in [0.1, 0.15) is 23.3 Å². The number of nitrogen functional groups attached to an aromatic ring is 1. The lowest BCUT2D eigenvalue weighted by Gasteiger charge is -2.19. The summed E-state index contributed by atoms with van der Waals surface area (Å²) in [5.74, 6) is 6.88. The molecule has 0 radical (unpaired) electrons. The largest absolute Gasteiger partial charge is 0.339 e. The first kappa shape index (κ1) is 15.7. The van der Waals surface area contributed by atoms with E-state index in [0.717, 1.165) is 0 Å². The first-order valence-corrected chi connectivity index (χ1v) is 7.17. The van der Waals surface area contributed by atoms with Gasteiger partial charge in [-0.2, -0.15) is 0 Å². The van der Waals surface area contributed by atoms with E-state index in [1.165, 1.54) is 12.1 Å². The van der Waals surface area contributed by atoms with Crippen LogP contribution in [-0.4, -0.2) is 9.97 Å². The molecule has 5 nitrogen and oxygen atoms in total. The molecule has 0 aliphatic heterocycles. The maximum absolute atomic E-state index is 13.1. The fraction of sp³-hybridized carbons (Fsp3) is 0.286. The second kappa shape index (κ2) is 5.95. The van der Waals surface area contributed by atoms with Crippen molar-refractivity contribution in [2.45, 2.75) is 26.2 Å². The molecule has 2 rings (SSSR count). The van der Waals surface area contributed by atoms with E-state index in [9.17, 15) is 4.39 Å². The summed E-state index contributed by atoms with van der Waals surface area (Å²) in [6.07, 6.45) is 0. The summed E-state index contributed by atoms with van der Waals surface area (Å²) in [5.41, 5.74) is 3.01. The van der Waals surface area contributed by atoms with E-state index in [0.29, 0.717) is 27.6 Å². The standard InChI is InChI=1S/C14H17BrFN5/c1-14(2,3)13-19-11(7-12(20-13)21-17)18-10-5-4-8(16)6-9(10)15/h4-7H,17H2,1-3H3,(H2,18,19,20,21). The molecule has 0 saturated carbocycles. The van der Waals surface area contributed by atoms with Gasteiger partial charge in [0.2, 0.25) is 0 Å². The minimum absolute atomic E-state index is 0.219. The Kier molecular flexibility index (Phi) is 4.43. The molecule has 7 heteroatoms. The van der Waals surface area contributed by atoms with Crippen molar-refractivity contribution in [2.75, 3.05) is 10.7 Å². The molecule has 0 saturated heterocycles. The maximum atomic E-state index is 13.1. The monoisotopic (exact) mass is 353 g/mol. The molecule has 1 aromatic carbocycles. The van der Waals surface area contributed by atoms with Crippen LogP contribution in [0.5, 0.6) is 0 Å². The highest BCUT2D eigenvalue weighted by molar-refractivity contribution is 9.10. The average Bonchev–Trinajstić information content (AvgIpc) is 2.40. The van der Waals surface area contributed by atoms with E-state index in [1.54, 1.807) is 12.1 Å². The highest BCUT2D eigenvalue weighted by Crippen LogP contribution is 2.28. The number of nitrogens with zero attached hydrogens (tertiary/aromatic N) is 2. The highest BCUT2D eigenvalue weighted by atomic mass is 79.9. The molecule has 0 atom stereocenters. The van der Waals surface area contributed by atoms with Crippen LogP contribution in [0.2, 0.25) is 0 Å². The molecule has 1 aromatic heterocycles. The summed E-state index contributed by atoms with van der Waals surface area (Å²) in [4.78, 5) is 8.82. The lowest BCUT2D eigenvalue weighted by atomic mass is 9.96. The van der Waals surface area contributed by atoms with E-state index in [1.807, 2.05) is 20.8 Å². The molecular formula is C14H17BrFN5. The smallest absolute Gasteiger partial charge is 0.145 e. The quantitative estimate of drug-likeness (QED) is 0.579. The van der Waals surface area contributed by atoms with Gasteiger partial charge < -0.3 is 10.7 Å². The first-order valence-electron chi connectivity index (χ1n) is 6.38. The van der Waals surface area contributed by atoms with Crippen molar-refractivity contribution in [3.8, 4) is 0 Å². The van der Waals surface area contributed by atoms with Crippen LogP contribution in [0.25, 0.3) is 0 Å². The van der Waals surface area contributed by atoms with Crippen LogP contribution in [-0.2, 0) is 5.41 Å². The average molecular weight is 354 g/mol. The number of halogens is 2. The zero-order valence-corrected chi connectivity index (χ0v) is 13.6. The van der Waals surface area contributed by atoms with Crippen molar-refractivity contribution in [1.82, 2.24) is 9.97 Å². The molecular weight excluding hydrogens is 337 g/mol. The predicted molar refractivity (Wildman–Crippen MR) is 85.9 cm³/mol. The molecule has 0 unspecified atom stereocenters. The Hall–Kier alpha value is -1.73. The Labute approximate surface area is 131 Å². The van der Waals surface area contributed by atoms with Crippen LogP contribution >= 0.6 is 15.9 Å². The van der Waals surface area contributed by atoms with E-state index in [-0.39, 0.29) is 11.2 Å². The van der Waals surface area contributed by atoms with Gasteiger partial charge in [-0.3, -0.25) is 0 Å². The van der Waals surface area contributed by atoms with Crippen LogP contribution in [0.3, 0.4) is 0 Å². The van der Waals surface area contributed by atoms with Gasteiger partial charge >= 0.3 is 0 Å². The third kappa shape index (κ3) is 3.89. The number of aromatic nitrogens is 2. The second-order valence-corrected chi connectivity index (χ2v) is 6.46. The van der Waals surface area contributed by atoms with Gasteiger partial charge in [-0.15, -0.1) is 0 Å². The number of rotatable bonds is 3. The highest BCUT2D eigenvalue weighted by Gasteiger charge is 2.19. The zero-order chi connectivity index (χ0) is 15.6. The van der Waals surface area contributed by atoms with Crippen LogP contribution in [0, 0.1) is 5.82 Å². The van der Waals surface area contributed by atoms with Crippen molar-refractivity contribution in [3.05, 3.63) is 40.4 Å². The van der Waals surface area contributed by atoms with Gasteiger partial charge in [-0.1, -0.05) is 20.8 Å². The lowest BCUT2D eigenvalue weighted by molar-refractivity contribution is 0.547. The Morgan fingerprint density at radius 2 is 1.81 bits per heavy atom. The van der Waals surface area contributed by atoms with Gasteiger partial charge in [-0.25, -0.2) is 20.2 Å². The Morgan fingerprint density at radius 3 is 2.38 bits per heavy atom. The van der Waals surface area contributed by atoms with Crippen LogP contribution in [0.4, 0.5) is 21.7 Å². The maximum Gasteiger partial charge on any atom is 0.145 e. The van der Waals surface area contributed by atoms with Gasteiger partial charge in [0.25, 0.3) is 0 Å². The summed E-state index contributed by atoms with van der Waals surface area (Å²) >= 11 is 3.31. The number of hydrogen-bond donors (Lipinski definition) is 3. The number of hydrazine groups is 1. The van der Waals surface area contributed by atoms with Gasteiger partial charge in [0.15, 0.2) is 0 Å². The van der Waals surface area contributed by atoms with Crippen LogP contribution in [0.15, 0.2) is 28.7 Å². The third-order valence-electron chi connectivity index (χ3n) is 2.74. The molecule has 0 fully saturated rings. The summed E-state index contributed by atoms with van der Waals surface area (Å²) in [7, 11) is 0. The summed E-state index contributed by atoms with van der Waals surface area (Å²) in [5, 5.41) is 3.13. The fourth-order valence-corrected chi connectivity index (χ4v) is 2.10. The molecule has 21 heavy (non-hydrogen) atoms. The van der Waals surface area contributed by atoms with E-state index in [4.69, 9.17) is 5.84 Å². The van der Waals surface area contributed by atoms with Crippen molar-refractivity contribution in [2.24, 2.45) is 5.84 Å². The Bertz CT molecular complexity index is 654. The fourth-order valence-electron chi connectivity index (χ4n) is 1.65. The molecule has 2 aromatic rings. The van der Waals surface area contributed by atoms with Crippen molar-refractivity contribution >= 4 is 33.3 Å². The molecule has 0 aliphatic rings. The van der Waals surface area contributed by atoms with E-state index in [2.05, 4.69) is 36.6 Å². The van der Waals surface area contributed by atoms with Crippen molar-refractivity contribution < 1.29 is 4.39 Å². The van der Waals surface area contributed by atoms with Gasteiger partial charge in [0, 0.05) is 16.0 Å². The Morgan fingerprint density at radius 1 is 1.14 bits per heavy atom. The zero-order valence-electron chi connectivity index (χ0n) is 12.0. The van der Waals surface area contributed by atoms with E-state index < -0.39 is 0 Å². The number of hydrogen-bond acceptors (Lipinski definition) is 5. The number of anilines is 3. The summed E-state index contributed by atoms with van der Waals surface area (Å²) in [6, 6.07) is 6.08. The molecule has 0 spiro atoms. The number of benzene rings is 1. The summed E-state index contributed by atoms with van der Waals surface area (Å²) in [6.45, 7) is 6.04. The SMILES string of the molecule is CC(C)(C)c1nc(NN)cc(Nc2ccc(F)cc2Br)n1. The van der Waals surface area contributed by atoms with Gasteiger partial charge in [0.05, 0.1) is 5.69 Å². The minimum atomic E-state index is -0.310. The molecule has 4 N–H and O–H groups in total. The first-order chi connectivity index (χ1) is 9.79. The minimum Gasteiger partial charge on any atom is -0.339 e. The van der Waals surface area contributed by atoms with Crippen molar-refractivity contribution in [1.29, 1.82) is 0 Å². The Balaban J connectivity index is 2.39. The summed E-state index contributed by atoms with van der Waals surface area (Å²) < 4.78 is 13.7. The van der Waals surface area contributed by atoms with Crippen LogP contribution < -0.4 is 16.6 Å². The molecule has 0 bridgehead atoms. The predicted octanol–water partition coefficient (Wildman–Crippen LogP) is 3.70. The van der Waals surface area contributed by atoms with Gasteiger partial charge in [-0.05, 0) is 34.1 Å². The van der Waals surface area contributed by atoms with Crippen molar-refractivity contribution in [3.63, 3.8) is 0 Å². The second-order valence-electron chi connectivity index (χ2n) is 5.61. The molecule has 1 heterocycles. The topological polar surface area (TPSA) is 75.9 Å². The molecule has 0 amide bonds. The molecule has 0 aliphatic carbocycles. The number of nitrogens with one attached hydrogen (secondary N) is 2. The number of nitrogens with two attached hydrogens (primary N) is 1. The lowest BCUT2D eigenvalue weighted by Crippen LogP contribution is -2.19. The normalized spacial score (nSPS) is 11.3. The molecule has 112 valence electrons. The van der Waals surface area contributed by atoms with E-state index >= 15 is 0 Å². The third-order valence-corrected chi connectivity index (χ3v) is 3.39. The van der Waals surface area contributed by atoms with Crippen LogP contribution in [0.1, 0.15) is 26.6 Å².